The quantitative estimate of drug-likeness (QED) is 0.605. The third kappa shape index (κ3) is 4.90. The fourth-order valence-corrected chi connectivity index (χ4v) is 4.87. The zero-order chi connectivity index (χ0) is 23.6. The molecule has 0 atom stereocenters. The van der Waals surface area contributed by atoms with Crippen molar-refractivity contribution in [1.82, 2.24) is 0 Å². The van der Waals surface area contributed by atoms with E-state index in [2.05, 4.69) is 5.32 Å². The summed E-state index contributed by atoms with van der Waals surface area (Å²) in [6.07, 6.45) is 1.90. The van der Waals surface area contributed by atoms with Crippen LogP contribution in [0.3, 0.4) is 0 Å². The third-order valence-corrected chi connectivity index (χ3v) is 6.75. The highest BCUT2D eigenvalue weighted by Gasteiger charge is 2.25. The van der Waals surface area contributed by atoms with Gasteiger partial charge in [-0.15, -0.1) is 0 Å². The number of sulfonamides is 1. The Balaban J connectivity index is 1.45. The third-order valence-electron chi connectivity index (χ3n) is 5.62. The van der Waals surface area contributed by atoms with Gasteiger partial charge < -0.3 is 10.2 Å². The Morgan fingerprint density at radius 1 is 0.970 bits per heavy atom. The molecule has 0 saturated carbocycles. The van der Waals surface area contributed by atoms with Gasteiger partial charge in [0.05, 0.1) is 11.9 Å². The standard InChI is InChI=1S/C25H25N3O4S/c1-18-7-3-5-9-22(18)28(33(2,31)32)17-24(29)26-21-13-11-20(12-14-21)25(30)27-16-15-19-8-4-6-10-23(19)27/h3-14H,15-17H2,1-2H3,(H,26,29). The molecule has 0 saturated heterocycles. The number of carbonyl (C=O) groups excluding carboxylic acids is 2. The number of nitrogens with zero attached hydrogens (tertiary/aromatic N) is 2. The SMILES string of the molecule is Cc1ccccc1N(CC(=O)Nc1ccc(C(=O)N2CCc3ccccc32)cc1)S(C)(=O)=O. The van der Waals surface area contributed by atoms with Gasteiger partial charge in [-0.1, -0.05) is 36.4 Å². The number of para-hydroxylation sites is 2. The summed E-state index contributed by atoms with van der Waals surface area (Å²) in [5, 5.41) is 2.72. The minimum atomic E-state index is -3.66. The highest BCUT2D eigenvalue weighted by atomic mass is 32.2. The smallest absolute Gasteiger partial charge is 0.258 e. The minimum Gasteiger partial charge on any atom is -0.325 e. The van der Waals surface area contributed by atoms with Gasteiger partial charge in [-0.25, -0.2) is 8.42 Å². The summed E-state index contributed by atoms with van der Waals surface area (Å²) in [6.45, 7) is 2.08. The van der Waals surface area contributed by atoms with Crippen molar-refractivity contribution < 1.29 is 18.0 Å². The van der Waals surface area contributed by atoms with Crippen LogP contribution in [-0.4, -0.2) is 39.6 Å². The van der Waals surface area contributed by atoms with E-state index in [0.29, 0.717) is 23.5 Å². The lowest BCUT2D eigenvalue weighted by Crippen LogP contribution is -2.37. The summed E-state index contributed by atoms with van der Waals surface area (Å²) < 4.78 is 25.7. The molecule has 0 aliphatic carbocycles. The Morgan fingerprint density at radius 2 is 1.64 bits per heavy atom. The van der Waals surface area contributed by atoms with Gasteiger partial charge in [-0.05, 0) is 60.9 Å². The number of benzene rings is 3. The molecule has 33 heavy (non-hydrogen) atoms. The lowest BCUT2D eigenvalue weighted by atomic mass is 10.1. The number of fused-ring (bicyclic) bond motifs is 1. The average Bonchev–Trinajstić information content (AvgIpc) is 3.22. The molecule has 3 aromatic rings. The molecule has 0 aromatic heterocycles. The first-order valence-corrected chi connectivity index (χ1v) is 12.4. The molecule has 3 aromatic carbocycles. The molecule has 1 aliphatic heterocycles. The molecule has 1 N–H and O–H groups in total. The fraction of sp³-hybridized carbons (Fsp3) is 0.200. The zero-order valence-electron chi connectivity index (χ0n) is 18.5. The van der Waals surface area contributed by atoms with Crippen molar-refractivity contribution in [1.29, 1.82) is 0 Å². The fourth-order valence-electron chi connectivity index (χ4n) is 3.96. The second-order valence-corrected chi connectivity index (χ2v) is 9.92. The molecule has 7 nitrogen and oxygen atoms in total. The van der Waals surface area contributed by atoms with Crippen LogP contribution in [0.1, 0.15) is 21.5 Å². The summed E-state index contributed by atoms with van der Waals surface area (Å²) in [4.78, 5) is 27.3. The Morgan fingerprint density at radius 3 is 2.33 bits per heavy atom. The van der Waals surface area contributed by atoms with Crippen molar-refractivity contribution in [2.45, 2.75) is 13.3 Å². The van der Waals surface area contributed by atoms with Gasteiger partial charge in [0.15, 0.2) is 0 Å². The Hall–Kier alpha value is -3.65. The molecule has 0 fully saturated rings. The number of hydrogen-bond acceptors (Lipinski definition) is 4. The van der Waals surface area contributed by atoms with Crippen molar-refractivity contribution in [2.24, 2.45) is 0 Å². The van der Waals surface area contributed by atoms with E-state index in [9.17, 15) is 18.0 Å². The van der Waals surface area contributed by atoms with E-state index in [1.807, 2.05) is 30.3 Å². The number of hydrogen-bond donors (Lipinski definition) is 1. The molecular weight excluding hydrogens is 438 g/mol. The van der Waals surface area contributed by atoms with Gasteiger partial charge in [-0.3, -0.25) is 13.9 Å². The topological polar surface area (TPSA) is 86.8 Å². The Labute approximate surface area is 193 Å². The van der Waals surface area contributed by atoms with E-state index in [4.69, 9.17) is 0 Å². The maximum atomic E-state index is 13.0. The van der Waals surface area contributed by atoms with Crippen LogP contribution < -0.4 is 14.5 Å². The van der Waals surface area contributed by atoms with Gasteiger partial charge in [0.1, 0.15) is 6.54 Å². The summed E-state index contributed by atoms with van der Waals surface area (Å²) >= 11 is 0. The van der Waals surface area contributed by atoms with E-state index in [-0.39, 0.29) is 12.5 Å². The lowest BCUT2D eigenvalue weighted by Gasteiger charge is -2.23. The first-order valence-electron chi connectivity index (χ1n) is 10.6. The number of amides is 2. The summed E-state index contributed by atoms with van der Waals surface area (Å²) in [7, 11) is -3.66. The molecule has 1 heterocycles. The molecule has 1 aliphatic rings. The normalized spacial score (nSPS) is 12.8. The zero-order valence-corrected chi connectivity index (χ0v) is 19.3. The van der Waals surface area contributed by atoms with Gasteiger partial charge in [0.2, 0.25) is 15.9 Å². The predicted molar refractivity (Wildman–Crippen MR) is 130 cm³/mol. The van der Waals surface area contributed by atoms with Crippen LogP contribution >= 0.6 is 0 Å². The van der Waals surface area contributed by atoms with Crippen molar-refractivity contribution >= 4 is 38.9 Å². The van der Waals surface area contributed by atoms with Gasteiger partial charge in [0.25, 0.3) is 5.91 Å². The second-order valence-electron chi connectivity index (χ2n) is 8.02. The van der Waals surface area contributed by atoms with Gasteiger partial charge in [-0.2, -0.15) is 0 Å². The maximum Gasteiger partial charge on any atom is 0.258 e. The van der Waals surface area contributed by atoms with Crippen LogP contribution in [0.15, 0.2) is 72.8 Å². The molecule has 8 heteroatoms. The van der Waals surface area contributed by atoms with E-state index < -0.39 is 15.9 Å². The Bertz CT molecular complexity index is 1300. The maximum absolute atomic E-state index is 13.0. The highest BCUT2D eigenvalue weighted by molar-refractivity contribution is 7.92. The molecule has 2 amide bonds. The lowest BCUT2D eigenvalue weighted by molar-refractivity contribution is -0.114. The van der Waals surface area contributed by atoms with Crippen LogP contribution in [0.5, 0.6) is 0 Å². The average molecular weight is 464 g/mol. The van der Waals surface area contributed by atoms with Gasteiger partial charge >= 0.3 is 0 Å². The van der Waals surface area contributed by atoms with Crippen molar-refractivity contribution in [2.75, 3.05) is 33.9 Å². The highest BCUT2D eigenvalue weighted by Crippen LogP contribution is 2.29. The van der Waals surface area contributed by atoms with Crippen LogP contribution in [0.2, 0.25) is 0 Å². The number of nitrogens with one attached hydrogen (secondary N) is 1. The van der Waals surface area contributed by atoms with E-state index in [0.717, 1.165) is 33.8 Å². The summed E-state index contributed by atoms with van der Waals surface area (Å²) in [5.74, 6) is -0.572. The molecular formula is C25H25N3O4S. The predicted octanol–water partition coefficient (Wildman–Crippen LogP) is 3.60. The van der Waals surface area contributed by atoms with Crippen LogP contribution in [0.25, 0.3) is 0 Å². The molecule has 0 radical (unpaired) electrons. The van der Waals surface area contributed by atoms with Crippen molar-refractivity contribution in [3.8, 4) is 0 Å². The first kappa shape index (κ1) is 22.5. The van der Waals surface area contributed by atoms with E-state index in [1.54, 1.807) is 54.3 Å². The van der Waals surface area contributed by atoms with E-state index in [1.165, 1.54) is 0 Å². The van der Waals surface area contributed by atoms with Crippen LogP contribution in [0, 0.1) is 6.92 Å². The van der Waals surface area contributed by atoms with Crippen LogP contribution in [-0.2, 0) is 21.2 Å². The summed E-state index contributed by atoms with van der Waals surface area (Å²) in [5.41, 5.74) is 4.29. The van der Waals surface area contributed by atoms with Gasteiger partial charge in [0, 0.05) is 23.5 Å². The molecule has 0 bridgehead atoms. The number of aryl methyl sites for hydroxylation is 1. The second kappa shape index (κ2) is 9.07. The molecule has 0 spiro atoms. The molecule has 4 rings (SSSR count). The first-order chi connectivity index (χ1) is 15.7. The minimum absolute atomic E-state index is 0.0966. The van der Waals surface area contributed by atoms with Crippen molar-refractivity contribution in [3.05, 3.63) is 89.5 Å². The monoisotopic (exact) mass is 463 g/mol. The number of anilines is 3. The van der Waals surface area contributed by atoms with Crippen molar-refractivity contribution in [3.63, 3.8) is 0 Å². The molecule has 0 unspecified atom stereocenters. The summed E-state index contributed by atoms with van der Waals surface area (Å²) in [6, 6.07) is 21.5. The number of rotatable bonds is 6. The molecule has 170 valence electrons. The van der Waals surface area contributed by atoms with E-state index >= 15 is 0 Å². The van der Waals surface area contributed by atoms with Crippen LogP contribution in [0.4, 0.5) is 17.1 Å². The Kier molecular flexibility index (Phi) is 6.20. The number of carbonyl (C=O) groups is 2. The largest absolute Gasteiger partial charge is 0.325 e.